The lowest BCUT2D eigenvalue weighted by Crippen LogP contribution is -1.89. The molecule has 1 aromatic carbocycles. The fraction of sp³-hybridized carbons (Fsp3) is 0.333. The largest absolute Gasteiger partial charge is 0.494 e. The van der Waals surface area contributed by atoms with Crippen molar-refractivity contribution in [3.8, 4) is 5.75 Å². The maximum Gasteiger partial charge on any atom is 0.119 e. The number of hydrogen-bond acceptors (Lipinski definition) is 3. The summed E-state index contributed by atoms with van der Waals surface area (Å²) in [6.45, 7) is 2.65. The van der Waals surface area contributed by atoms with Gasteiger partial charge in [-0.1, -0.05) is 0 Å². The fourth-order valence-electron chi connectivity index (χ4n) is 0.891. The van der Waals surface area contributed by atoms with E-state index >= 15 is 0 Å². The Balaban J connectivity index is 2.71. The fourth-order valence-corrected chi connectivity index (χ4v) is 0.891. The van der Waals surface area contributed by atoms with Gasteiger partial charge in [0.2, 0.25) is 0 Å². The molecule has 0 heterocycles. The van der Waals surface area contributed by atoms with Gasteiger partial charge in [-0.25, -0.2) is 0 Å². The maximum absolute atomic E-state index is 5.27. The van der Waals surface area contributed by atoms with Crippen LogP contribution in [-0.4, -0.2) is 13.7 Å². The molecule has 3 nitrogen and oxygen atoms in total. The number of ether oxygens (including phenoxy) is 1. The van der Waals surface area contributed by atoms with Crippen molar-refractivity contribution in [3.05, 3.63) is 24.3 Å². The molecule has 0 saturated carbocycles. The Morgan fingerprint density at radius 2 is 1.92 bits per heavy atom. The summed E-state index contributed by atoms with van der Waals surface area (Å²) in [6.07, 6.45) is 0. The van der Waals surface area contributed by atoms with Crippen molar-refractivity contribution in [1.82, 2.24) is 0 Å². The van der Waals surface area contributed by atoms with Crippen molar-refractivity contribution in [2.45, 2.75) is 6.92 Å². The minimum atomic E-state index is 0.689. The van der Waals surface area contributed by atoms with Crippen molar-refractivity contribution < 1.29 is 4.74 Å². The van der Waals surface area contributed by atoms with Gasteiger partial charge in [0.25, 0.3) is 0 Å². The first-order valence-corrected chi connectivity index (χ1v) is 3.89. The van der Waals surface area contributed by atoms with Crippen LogP contribution in [0.3, 0.4) is 0 Å². The van der Waals surface area contributed by atoms with E-state index in [-0.39, 0.29) is 0 Å². The van der Waals surface area contributed by atoms with Crippen molar-refractivity contribution in [3.63, 3.8) is 0 Å². The second-order valence-corrected chi connectivity index (χ2v) is 2.23. The summed E-state index contributed by atoms with van der Waals surface area (Å²) in [5.74, 6) is 0.868. The Morgan fingerprint density at radius 1 is 1.25 bits per heavy atom. The summed E-state index contributed by atoms with van der Waals surface area (Å²) in [5.41, 5.74) is 0.848. The lowest BCUT2D eigenvalue weighted by Gasteiger charge is -2.01. The van der Waals surface area contributed by atoms with E-state index in [0.717, 1.165) is 11.4 Å². The van der Waals surface area contributed by atoms with Gasteiger partial charge in [0, 0.05) is 7.05 Å². The molecular weight excluding hydrogens is 152 g/mol. The van der Waals surface area contributed by atoms with E-state index in [0.29, 0.717) is 6.61 Å². The van der Waals surface area contributed by atoms with Crippen LogP contribution in [0, 0.1) is 0 Å². The van der Waals surface area contributed by atoms with E-state index in [9.17, 15) is 0 Å². The van der Waals surface area contributed by atoms with E-state index in [1.807, 2.05) is 31.2 Å². The summed E-state index contributed by atoms with van der Waals surface area (Å²) < 4.78 is 5.27. The van der Waals surface area contributed by atoms with Crippen molar-refractivity contribution in [2.24, 2.45) is 10.2 Å². The number of nitrogens with zero attached hydrogens (tertiary/aromatic N) is 2. The Bertz CT molecular complexity index is 254. The third-order valence-corrected chi connectivity index (χ3v) is 1.36. The minimum Gasteiger partial charge on any atom is -0.494 e. The molecule has 64 valence electrons. The second kappa shape index (κ2) is 4.49. The van der Waals surface area contributed by atoms with Crippen LogP contribution in [-0.2, 0) is 0 Å². The lowest BCUT2D eigenvalue weighted by atomic mass is 10.3. The zero-order valence-corrected chi connectivity index (χ0v) is 7.32. The predicted molar refractivity (Wildman–Crippen MR) is 48.1 cm³/mol. The molecule has 0 aliphatic rings. The molecule has 0 N–H and O–H groups in total. The van der Waals surface area contributed by atoms with Gasteiger partial charge >= 0.3 is 0 Å². The summed E-state index contributed by atoms with van der Waals surface area (Å²) in [6, 6.07) is 7.51. The van der Waals surface area contributed by atoms with E-state index in [4.69, 9.17) is 4.74 Å². The van der Waals surface area contributed by atoms with Crippen LogP contribution in [0.4, 0.5) is 5.69 Å². The van der Waals surface area contributed by atoms with Gasteiger partial charge in [0.05, 0.1) is 12.3 Å². The Kier molecular flexibility index (Phi) is 3.26. The first-order chi connectivity index (χ1) is 5.86. The first-order valence-electron chi connectivity index (χ1n) is 3.89. The van der Waals surface area contributed by atoms with Crippen LogP contribution >= 0.6 is 0 Å². The predicted octanol–water partition coefficient (Wildman–Crippen LogP) is 2.80. The van der Waals surface area contributed by atoms with Gasteiger partial charge in [0.1, 0.15) is 5.75 Å². The highest BCUT2D eigenvalue weighted by Crippen LogP contribution is 2.17. The highest BCUT2D eigenvalue weighted by atomic mass is 16.5. The van der Waals surface area contributed by atoms with Gasteiger partial charge in [-0.15, -0.1) is 0 Å². The number of benzene rings is 1. The quantitative estimate of drug-likeness (QED) is 0.632. The standard InChI is InChI=1S/C9H12N2O/c1-3-12-9-6-4-8(5-7-9)11-10-2/h4-7H,3H2,1-2H3. The van der Waals surface area contributed by atoms with Crippen LogP contribution in [0.5, 0.6) is 5.75 Å². The molecule has 12 heavy (non-hydrogen) atoms. The van der Waals surface area contributed by atoms with Gasteiger partial charge in [0.15, 0.2) is 0 Å². The Hall–Kier alpha value is -1.38. The second-order valence-electron chi connectivity index (χ2n) is 2.23. The van der Waals surface area contributed by atoms with Crippen LogP contribution in [0.15, 0.2) is 34.5 Å². The number of azo groups is 1. The monoisotopic (exact) mass is 164 g/mol. The van der Waals surface area contributed by atoms with Gasteiger partial charge in [-0.3, -0.25) is 0 Å². The van der Waals surface area contributed by atoms with Crippen LogP contribution in [0.2, 0.25) is 0 Å². The van der Waals surface area contributed by atoms with E-state index in [1.165, 1.54) is 0 Å². The van der Waals surface area contributed by atoms with Gasteiger partial charge in [-0.05, 0) is 31.2 Å². The summed E-state index contributed by atoms with van der Waals surface area (Å²) in [4.78, 5) is 0. The average Bonchev–Trinajstić information content (AvgIpc) is 2.09. The lowest BCUT2D eigenvalue weighted by molar-refractivity contribution is 0.340. The van der Waals surface area contributed by atoms with Gasteiger partial charge < -0.3 is 4.74 Å². The van der Waals surface area contributed by atoms with Crippen molar-refractivity contribution >= 4 is 5.69 Å². The molecule has 0 fully saturated rings. The van der Waals surface area contributed by atoms with Crippen LogP contribution in [0.1, 0.15) is 6.92 Å². The smallest absolute Gasteiger partial charge is 0.119 e. The normalized spacial score (nSPS) is 10.5. The molecule has 0 radical (unpaired) electrons. The molecule has 0 unspecified atom stereocenters. The molecule has 0 aliphatic carbocycles. The zero-order chi connectivity index (χ0) is 8.81. The molecule has 0 aromatic heterocycles. The van der Waals surface area contributed by atoms with Crippen LogP contribution < -0.4 is 4.74 Å². The molecule has 0 amide bonds. The molecule has 0 saturated heterocycles. The highest BCUT2D eigenvalue weighted by molar-refractivity contribution is 5.40. The molecule has 0 atom stereocenters. The molecular formula is C9H12N2O. The minimum absolute atomic E-state index is 0.689. The molecule has 0 bridgehead atoms. The summed E-state index contributed by atoms with van der Waals surface area (Å²) >= 11 is 0. The Labute approximate surface area is 72.1 Å². The number of hydrogen-bond donors (Lipinski definition) is 0. The third-order valence-electron chi connectivity index (χ3n) is 1.36. The summed E-state index contributed by atoms with van der Waals surface area (Å²) in [5, 5.41) is 7.54. The van der Waals surface area contributed by atoms with E-state index < -0.39 is 0 Å². The molecule has 0 aliphatic heterocycles. The maximum atomic E-state index is 5.27. The number of rotatable bonds is 3. The van der Waals surface area contributed by atoms with Crippen molar-refractivity contribution in [1.29, 1.82) is 0 Å². The van der Waals surface area contributed by atoms with E-state index in [1.54, 1.807) is 7.05 Å². The van der Waals surface area contributed by atoms with Crippen molar-refractivity contribution in [2.75, 3.05) is 13.7 Å². The third kappa shape index (κ3) is 2.34. The molecule has 1 rings (SSSR count). The molecule has 1 aromatic rings. The highest BCUT2D eigenvalue weighted by Gasteiger charge is 1.91. The zero-order valence-electron chi connectivity index (χ0n) is 7.32. The SMILES string of the molecule is CCOc1ccc(N=NC)cc1. The molecule has 3 heteroatoms. The first kappa shape index (κ1) is 8.71. The Morgan fingerprint density at radius 3 is 2.42 bits per heavy atom. The van der Waals surface area contributed by atoms with Gasteiger partial charge in [-0.2, -0.15) is 10.2 Å². The van der Waals surface area contributed by atoms with E-state index in [2.05, 4.69) is 10.2 Å². The van der Waals surface area contributed by atoms with Crippen LogP contribution in [0.25, 0.3) is 0 Å². The molecule has 0 spiro atoms. The summed E-state index contributed by atoms with van der Waals surface area (Å²) in [7, 11) is 1.65. The topological polar surface area (TPSA) is 34.0 Å². The average molecular weight is 164 g/mol.